The van der Waals surface area contributed by atoms with Crippen molar-refractivity contribution in [3.63, 3.8) is 0 Å². The normalized spacial score (nSPS) is 11.0. The molecule has 3 aromatic rings. The molecule has 0 N–H and O–H groups in total. The number of rotatable bonds is 5. The summed E-state index contributed by atoms with van der Waals surface area (Å²) in [6.45, 7) is 1.92. The van der Waals surface area contributed by atoms with E-state index in [0.29, 0.717) is 10.9 Å². The van der Waals surface area contributed by atoms with Crippen LogP contribution in [0.4, 0.5) is 0 Å². The molecule has 0 aliphatic carbocycles. The van der Waals surface area contributed by atoms with E-state index in [-0.39, 0.29) is 12.5 Å². The van der Waals surface area contributed by atoms with Gasteiger partial charge in [0.2, 0.25) is 5.89 Å². The standard InChI is InChI=1S/C19H15ClN2O3/c1-13-2-4-14(5-3-13)6-11-18(23)24-12-17-21-22-19(25-17)15-7-9-16(20)10-8-15/h2-11H,12H2,1H3/b11-6+. The number of nitrogens with zero attached hydrogens (tertiary/aromatic N) is 2. The number of benzene rings is 2. The van der Waals surface area contributed by atoms with E-state index in [0.717, 1.165) is 16.7 Å². The van der Waals surface area contributed by atoms with Gasteiger partial charge in [0, 0.05) is 16.7 Å². The predicted molar refractivity (Wildman–Crippen MR) is 94.8 cm³/mol. The quantitative estimate of drug-likeness (QED) is 0.500. The molecule has 0 fully saturated rings. The average molecular weight is 355 g/mol. The van der Waals surface area contributed by atoms with Gasteiger partial charge in [-0.1, -0.05) is 41.4 Å². The SMILES string of the molecule is Cc1ccc(/C=C/C(=O)OCc2nnc(-c3ccc(Cl)cc3)o2)cc1. The van der Waals surface area contributed by atoms with Gasteiger partial charge in [-0.3, -0.25) is 0 Å². The van der Waals surface area contributed by atoms with Gasteiger partial charge in [-0.2, -0.15) is 0 Å². The second kappa shape index (κ2) is 7.77. The van der Waals surface area contributed by atoms with Crippen LogP contribution in [0.2, 0.25) is 5.02 Å². The molecule has 0 amide bonds. The van der Waals surface area contributed by atoms with Gasteiger partial charge in [-0.25, -0.2) is 4.79 Å². The van der Waals surface area contributed by atoms with Crippen LogP contribution in [0.1, 0.15) is 17.0 Å². The molecule has 1 aromatic heterocycles. The van der Waals surface area contributed by atoms with Gasteiger partial charge in [0.1, 0.15) is 0 Å². The maximum absolute atomic E-state index is 11.8. The number of carbonyl (C=O) groups is 1. The van der Waals surface area contributed by atoms with E-state index in [2.05, 4.69) is 10.2 Å². The largest absolute Gasteiger partial charge is 0.452 e. The molecule has 0 spiro atoms. The topological polar surface area (TPSA) is 65.2 Å². The predicted octanol–water partition coefficient (Wildman–Crippen LogP) is 4.46. The molecule has 0 saturated carbocycles. The minimum Gasteiger partial charge on any atom is -0.452 e. The van der Waals surface area contributed by atoms with Crippen molar-refractivity contribution in [2.45, 2.75) is 13.5 Å². The lowest BCUT2D eigenvalue weighted by Gasteiger charge is -1.98. The van der Waals surface area contributed by atoms with Crippen LogP contribution in [0, 0.1) is 6.92 Å². The number of ether oxygens (including phenoxy) is 1. The Hall–Kier alpha value is -2.92. The van der Waals surface area contributed by atoms with Crippen molar-refractivity contribution in [2.24, 2.45) is 0 Å². The van der Waals surface area contributed by atoms with Gasteiger partial charge in [-0.15, -0.1) is 10.2 Å². The summed E-state index contributed by atoms with van der Waals surface area (Å²) in [4.78, 5) is 11.8. The molecular weight excluding hydrogens is 340 g/mol. The zero-order valence-corrected chi connectivity index (χ0v) is 14.2. The van der Waals surface area contributed by atoms with Crippen molar-refractivity contribution in [3.8, 4) is 11.5 Å². The third-order valence-electron chi connectivity index (χ3n) is 3.39. The first kappa shape index (κ1) is 16.9. The van der Waals surface area contributed by atoms with Gasteiger partial charge in [0.15, 0.2) is 6.61 Å². The van der Waals surface area contributed by atoms with E-state index in [4.69, 9.17) is 20.8 Å². The van der Waals surface area contributed by atoms with Crippen molar-refractivity contribution in [3.05, 3.63) is 76.6 Å². The summed E-state index contributed by atoms with van der Waals surface area (Å²) >= 11 is 5.84. The molecule has 0 saturated heterocycles. The zero-order valence-electron chi connectivity index (χ0n) is 13.5. The number of hydrogen-bond acceptors (Lipinski definition) is 5. The van der Waals surface area contributed by atoms with Crippen molar-refractivity contribution in [1.82, 2.24) is 10.2 Å². The Bertz CT molecular complexity index is 884. The van der Waals surface area contributed by atoms with Crippen molar-refractivity contribution < 1.29 is 13.9 Å². The molecule has 0 atom stereocenters. The number of halogens is 1. The Labute approximate surface area is 149 Å². The summed E-state index contributed by atoms with van der Waals surface area (Å²) in [5, 5.41) is 8.41. The number of hydrogen-bond donors (Lipinski definition) is 0. The smallest absolute Gasteiger partial charge is 0.331 e. The maximum atomic E-state index is 11.8. The Morgan fingerprint density at radius 2 is 1.84 bits per heavy atom. The van der Waals surface area contributed by atoms with Crippen LogP contribution in [-0.2, 0) is 16.1 Å². The van der Waals surface area contributed by atoms with Gasteiger partial charge >= 0.3 is 5.97 Å². The maximum Gasteiger partial charge on any atom is 0.331 e. The lowest BCUT2D eigenvalue weighted by Crippen LogP contribution is -2.00. The third kappa shape index (κ3) is 4.78. The molecule has 0 radical (unpaired) electrons. The minimum absolute atomic E-state index is 0.0857. The molecular formula is C19H15ClN2O3. The van der Waals surface area contributed by atoms with E-state index >= 15 is 0 Å². The fourth-order valence-corrected chi connectivity index (χ4v) is 2.17. The van der Waals surface area contributed by atoms with Crippen LogP contribution in [0.25, 0.3) is 17.5 Å². The number of aromatic nitrogens is 2. The minimum atomic E-state index is -0.480. The van der Waals surface area contributed by atoms with E-state index < -0.39 is 5.97 Å². The summed E-state index contributed by atoms with van der Waals surface area (Å²) in [5.74, 6) is 0.0896. The van der Waals surface area contributed by atoms with Crippen LogP contribution in [0.3, 0.4) is 0 Å². The Morgan fingerprint density at radius 3 is 2.56 bits per heavy atom. The summed E-state index contributed by atoms with van der Waals surface area (Å²) in [7, 11) is 0. The van der Waals surface area contributed by atoms with Crippen molar-refractivity contribution in [2.75, 3.05) is 0 Å². The van der Waals surface area contributed by atoms with Crippen LogP contribution in [-0.4, -0.2) is 16.2 Å². The lowest BCUT2D eigenvalue weighted by atomic mass is 10.1. The van der Waals surface area contributed by atoms with Gasteiger partial charge < -0.3 is 9.15 Å². The van der Waals surface area contributed by atoms with E-state index in [1.165, 1.54) is 6.08 Å². The Kier molecular flexibility index (Phi) is 5.26. The summed E-state index contributed by atoms with van der Waals surface area (Å²) in [6, 6.07) is 14.8. The van der Waals surface area contributed by atoms with Crippen LogP contribution in [0.15, 0.2) is 59.0 Å². The second-order valence-corrected chi connectivity index (χ2v) is 5.80. The zero-order chi connectivity index (χ0) is 17.6. The molecule has 5 nitrogen and oxygen atoms in total. The first-order valence-corrected chi connectivity index (χ1v) is 7.98. The van der Waals surface area contributed by atoms with Gasteiger partial charge in [0.05, 0.1) is 0 Å². The molecule has 0 aliphatic rings. The highest BCUT2D eigenvalue weighted by molar-refractivity contribution is 6.30. The first-order chi connectivity index (χ1) is 12.1. The van der Waals surface area contributed by atoms with E-state index in [1.54, 1.807) is 30.3 Å². The summed E-state index contributed by atoms with van der Waals surface area (Å²) in [5.41, 5.74) is 2.83. The molecule has 0 bridgehead atoms. The summed E-state index contributed by atoms with van der Waals surface area (Å²) in [6.07, 6.45) is 3.05. The molecule has 2 aromatic carbocycles. The molecule has 1 heterocycles. The van der Waals surface area contributed by atoms with Crippen LogP contribution >= 0.6 is 11.6 Å². The highest BCUT2D eigenvalue weighted by atomic mass is 35.5. The molecule has 126 valence electrons. The Balaban J connectivity index is 1.55. The van der Waals surface area contributed by atoms with E-state index in [1.807, 2.05) is 31.2 Å². The fraction of sp³-hybridized carbons (Fsp3) is 0.105. The van der Waals surface area contributed by atoms with Crippen LogP contribution in [0.5, 0.6) is 0 Å². The molecule has 0 unspecified atom stereocenters. The molecule has 25 heavy (non-hydrogen) atoms. The fourth-order valence-electron chi connectivity index (χ4n) is 2.04. The summed E-state index contributed by atoms with van der Waals surface area (Å²) < 4.78 is 10.6. The number of aryl methyl sites for hydroxylation is 1. The van der Waals surface area contributed by atoms with Gasteiger partial charge in [-0.05, 0) is 42.8 Å². The van der Waals surface area contributed by atoms with Crippen LogP contribution < -0.4 is 0 Å². The number of esters is 1. The highest BCUT2D eigenvalue weighted by Crippen LogP contribution is 2.20. The van der Waals surface area contributed by atoms with Crippen molar-refractivity contribution >= 4 is 23.6 Å². The monoisotopic (exact) mass is 354 g/mol. The lowest BCUT2D eigenvalue weighted by molar-refractivity contribution is -0.139. The molecule has 0 aliphatic heterocycles. The molecule has 6 heteroatoms. The molecule has 3 rings (SSSR count). The van der Waals surface area contributed by atoms with E-state index in [9.17, 15) is 4.79 Å². The Morgan fingerprint density at radius 1 is 1.12 bits per heavy atom. The first-order valence-electron chi connectivity index (χ1n) is 7.60. The average Bonchev–Trinajstić information content (AvgIpc) is 3.09. The second-order valence-electron chi connectivity index (χ2n) is 5.36. The number of carbonyl (C=O) groups excluding carboxylic acids is 1. The highest BCUT2D eigenvalue weighted by Gasteiger charge is 2.10. The van der Waals surface area contributed by atoms with Crippen molar-refractivity contribution in [1.29, 1.82) is 0 Å². The van der Waals surface area contributed by atoms with Gasteiger partial charge in [0.25, 0.3) is 5.89 Å². The third-order valence-corrected chi connectivity index (χ3v) is 3.64.